The Labute approximate surface area is 225 Å². The van der Waals surface area contributed by atoms with E-state index in [2.05, 4.69) is 48.9 Å². The molecular formula is C28H30F3N7O. The van der Waals surface area contributed by atoms with Gasteiger partial charge >= 0.3 is 6.18 Å². The normalized spacial score (nSPS) is 11.7. The molecule has 0 saturated carbocycles. The van der Waals surface area contributed by atoms with Crippen molar-refractivity contribution in [1.29, 1.82) is 0 Å². The molecule has 0 bridgehead atoms. The number of carbonyl (C=O) groups is 1. The van der Waals surface area contributed by atoms with Gasteiger partial charge in [0.1, 0.15) is 23.5 Å². The molecule has 3 aromatic rings. The van der Waals surface area contributed by atoms with E-state index in [4.69, 9.17) is 0 Å². The summed E-state index contributed by atoms with van der Waals surface area (Å²) in [5.74, 6) is 0.546. The molecule has 0 aliphatic heterocycles. The number of hydrogen-bond acceptors (Lipinski definition) is 6. The molecule has 0 spiro atoms. The van der Waals surface area contributed by atoms with Crippen LogP contribution < -0.4 is 10.6 Å². The molecule has 3 rings (SSSR count). The van der Waals surface area contributed by atoms with Gasteiger partial charge in [0.25, 0.3) is 0 Å². The number of rotatable bonds is 7. The maximum Gasteiger partial charge on any atom is 0.416 e. The number of amides is 1. The van der Waals surface area contributed by atoms with Crippen molar-refractivity contribution in [1.82, 2.24) is 15.0 Å². The highest BCUT2D eigenvalue weighted by Gasteiger charge is 2.30. The van der Waals surface area contributed by atoms with Gasteiger partial charge in [-0.25, -0.2) is 15.0 Å². The van der Waals surface area contributed by atoms with Crippen molar-refractivity contribution in [3.05, 3.63) is 89.4 Å². The molecule has 0 unspecified atom stereocenters. The number of alkyl halides is 3. The fourth-order valence-electron chi connectivity index (χ4n) is 3.55. The van der Waals surface area contributed by atoms with Crippen LogP contribution in [0.4, 0.5) is 30.2 Å². The van der Waals surface area contributed by atoms with Crippen molar-refractivity contribution in [3.63, 3.8) is 0 Å². The summed E-state index contributed by atoms with van der Waals surface area (Å²) >= 11 is 0. The van der Waals surface area contributed by atoms with Gasteiger partial charge in [-0.15, -0.1) is 0 Å². The van der Waals surface area contributed by atoms with E-state index in [0.717, 1.165) is 52.1 Å². The second-order valence-electron chi connectivity index (χ2n) is 8.23. The third kappa shape index (κ3) is 8.16. The standard InChI is InChI=1S/C21H24N6O.C7H6F3N/c1-7-16(20-19(22-6)15(5)24-11-25-20)21(23-8-2)27-18-10-17(26-12-28)13(3)9-14(18)4;1-5-4-6(2-3-11-5)7(8,9)10/h7-12H,2,6H2,1,3-5H3,(H,23,27)(H,26,28);2-4H,1H3/b16-7-;. The Morgan fingerprint density at radius 1 is 1.03 bits per heavy atom. The number of aromatic nitrogens is 3. The third-order valence-electron chi connectivity index (χ3n) is 5.45. The highest BCUT2D eigenvalue weighted by atomic mass is 19.4. The quantitative estimate of drug-likeness (QED) is 0.197. The van der Waals surface area contributed by atoms with E-state index in [1.807, 2.05) is 45.9 Å². The van der Waals surface area contributed by atoms with Crippen LogP contribution >= 0.6 is 0 Å². The Balaban J connectivity index is 0.000000404. The number of halogens is 3. The number of amidine groups is 1. The summed E-state index contributed by atoms with van der Waals surface area (Å²) in [6.45, 7) is 16.5. The molecular weight excluding hydrogens is 507 g/mol. The molecule has 0 saturated heterocycles. The zero-order valence-corrected chi connectivity index (χ0v) is 22.4. The van der Waals surface area contributed by atoms with Gasteiger partial charge in [0.15, 0.2) is 0 Å². The largest absolute Gasteiger partial charge is 0.416 e. The van der Waals surface area contributed by atoms with E-state index in [9.17, 15) is 18.0 Å². The molecule has 2 N–H and O–H groups in total. The first kappa shape index (κ1) is 30.6. The van der Waals surface area contributed by atoms with Crippen LogP contribution in [0.15, 0.2) is 65.6 Å². The molecule has 11 heteroatoms. The number of hydrogen-bond donors (Lipinski definition) is 2. The average Bonchev–Trinajstić information content (AvgIpc) is 2.87. The lowest BCUT2D eigenvalue weighted by molar-refractivity contribution is -0.137. The van der Waals surface area contributed by atoms with Crippen LogP contribution in [-0.2, 0) is 11.0 Å². The Hall–Kier alpha value is -4.67. The minimum atomic E-state index is -4.26. The summed E-state index contributed by atoms with van der Waals surface area (Å²) in [6, 6.07) is 5.82. The Morgan fingerprint density at radius 3 is 2.26 bits per heavy atom. The molecule has 1 aromatic carbocycles. The number of nitrogens with one attached hydrogen (secondary N) is 2. The number of nitrogens with zero attached hydrogens (tertiary/aromatic N) is 5. The van der Waals surface area contributed by atoms with E-state index >= 15 is 0 Å². The van der Waals surface area contributed by atoms with Crippen LogP contribution in [0.2, 0.25) is 0 Å². The summed E-state index contributed by atoms with van der Waals surface area (Å²) in [5.41, 5.74) is 5.88. The topological polar surface area (TPSA) is 105 Å². The highest BCUT2D eigenvalue weighted by Crippen LogP contribution is 2.30. The number of pyridine rings is 1. The molecule has 2 heterocycles. The van der Waals surface area contributed by atoms with Gasteiger partial charge < -0.3 is 10.6 Å². The van der Waals surface area contributed by atoms with Crippen LogP contribution in [0, 0.1) is 27.7 Å². The first-order valence-corrected chi connectivity index (χ1v) is 11.7. The predicted octanol–water partition coefficient (Wildman–Crippen LogP) is 6.77. The lowest BCUT2D eigenvalue weighted by Gasteiger charge is -2.17. The fraction of sp³-hybridized carbons (Fsp3) is 0.214. The van der Waals surface area contributed by atoms with Crippen molar-refractivity contribution >= 4 is 41.6 Å². The summed E-state index contributed by atoms with van der Waals surface area (Å²) in [6.07, 6.45) is 2.38. The van der Waals surface area contributed by atoms with Crippen LogP contribution in [0.5, 0.6) is 0 Å². The number of aryl methyl sites for hydroxylation is 4. The van der Waals surface area contributed by atoms with E-state index in [0.29, 0.717) is 29.3 Å². The fourth-order valence-corrected chi connectivity index (χ4v) is 3.55. The van der Waals surface area contributed by atoms with Gasteiger partial charge in [-0.3, -0.25) is 14.8 Å². The Bertz CT molecular complexity index is 1410. The van der Waals surface area contributed by atoms with Crippen molar-refractivity contribution in [2.45, 2.75) is 40.8 Å². The lowest BCUT2D eigenvalue weighted by Crippen LogP contribution is -2.16. The molecule has 0 aliphatic carbocycles. The van der Waals surface area contributed by atoms with Gasteiger partial charge in [0, 0.05) is 35.0 Å². The van der Waals surface area contributed by atoms with Crippen molar-refractivity contribution < 1.29 is 18.0 Å². The van der Waals surface area contributed by atoms with Crippen molar-refractivity contribution in [2.24, 2.45) is 9.98 Å². The van der Waals surface area contributed by atoms with Crippen LogP contribution in [0.1, 0.15) is 40.7 Å². The maximum atomic E-state index is 11.9. The zero-order chi connectivity index (χ0) is 29.2. The Kier molecular flexibility index (Phi) is 10.8. The molecule has 204 valence electrons. The molecule has 0 aliphatic rings. The predicted molar refractivity (Wildman–Crippen MR) is 150 cm³/mol. The van der Waals surface area contributed by atoms with E-state index in [1.54, 1.807) is 0 Å². The monoisotopic (exact) mass is 537 g/mol. The molecule has 0 fully saturated rings. The average molecular weight is 538 g/mol. The van der Waals surface area contributed by atoms with E-state index < -0.39 is 11.7 Å². The van der Waals surface area contributed by atoms with E-state index in [1.165, 1.54) is 19.5 Å². The molecule has 39 heavy (non-hydrogen) atoms. The van der Waals surface area contributed by atoms with Crippen molar-refractivity contribution in [2.75, 3.05) is 10.6 Å². The van der Waals surface area contributed by atoms with Gasteiger partial charge in [-0.2, -0.15) is 13.2 Å². The number of carbonyl (C=O) groups excluding carboxylic acids is 1. The smallest absolute Gasteiger partial charge is 0.339 e. The first-order valence-electron chi connectivity index (χ1n) is 11.7. The number of benzene rings is 1. The number of anilines is 2. The summed E-state index contributed by atoms with van der Waals surface area (Å²) < 4.78 is 35.8. The SMILES string of the molecule is C=CN=C(Nc1cc(NC=O)c(C)cc1C)/C(=C\C)c1ncnc(C)c1N=C.Cc1cc(C(F)(F)F)ccn1. The van der Waals surface area contributed by atoms with Gasteiger partial charge in [0.2, 0.25) is 6.41 Å². The maximum absolute atomic E-state index is 11.9. The Morgan fingerprint density at radius 2 is 1.72 bits per heavy atom. The van der Waals surface area contributed by atoms with Gasteiger partial charge in [0.05, 0.1) is 11.3 Å². The van der Waals surface area contributed by atoms with Gasteiger partial charge in [-0.05, 0) is 70.7 Å². The minimum absolute atomic E-state index is 0.375. The lowest BCUT2D eigenvalue weighted by atomic mass is 10.1. The van der Waals surface area contributed by atoms with Crippen LogP contribution in [0.3, 0.4) is 0 Å². The zero-order valence-electron chi connectivity index (χ0n) is 22.4. The van der Waals surface area contributed by atoms with Crippen LogP contribution in [0.25, 0.3) is 5.57 Å². The summed E-state index contributed by atoms with van der Waals surface area (Å²) in [5, 5.41) is 6.04. The minimum Gasteiger partial charge on any atom is -0.339 e. The summed E-state index contributed by atoms with van der Waals surface area (Å²) in [7, 11) is 0. The first-order chi connectivity index (χ1) is 18.5. The molecule has 2 aromatic heterocycles. The number of allylic oxidation sites excluding steroid dienone is 1. The molecule has 0 radical (unpaired) electrons. The van der Waals surface area contributed by atoms with Crippen molar-refractivity contribution in [3.8, 4) is 0 Å². The van der Waals surface area contributed by atoms with Gasteiger partial charge in [-0.1, -0.05) is 18.7 Å². The second-order valence-corrected chi connectivity index (χ2v) is 8.23. The third-order valence-corrected chi connectivity index (χ3v) is 5.45. The second kappa shape index (κ2) is 13.8. The number of aliphatic imine (C=N–C) groups is 2. The van der Waals surface area contributed by atoms with E-state index in [-0.39, 0.29) is 0 Å². The molecule has 1 amide bonds. The summed E-state index contributed by atoms with van der Waals surface area (Å²) in [4.78, 5) is 31.6. The highest BCUT2D eigenvalue weighted by molar-refractivity contribution is 6.29. The molecule has 0 atom stereocenters. The van der Waals surface area contributed by atoms with Crippen LogP contribution in [-0.4, -0.2) is 33.9 Å². The molecule has 8 nitrogen and oxygen atoms in total.